The second kappa shape index (κ2) is 7.75. The highest BCUT2D eigenvalue weighted by Gasteiger charge is 2.34. The van der Waals surface area contributed by atoms with Crippen LogP contribution in [0.1, 0.15) is 31.2 Å². The monoisotopic (exact) mass is 330 g/mol. The van der Waals surface area contributed by atoms with E-state index in [1.807, 2.05) is 24.1 Å². The van der Waals surface area contributed by atoms with Crippen LogP contribution in [0.25, 0.3) is 0 Å². The second-order valence-electron chi connectivity index (χ2n) is 6.82. The Morgan fingerprint density at radius 1 is 1.25 bits per heavy atom. The van der Waals surface area contributed by atoms with Gasteiger partial charge in [0.2, 0.25) is 11.8 Å². The Morgan fingerprint density at radius 3 is 2.67 bits per heavy atom. The van der Waals surface area contributed by atoms with Crippen molar-refractivity contribution in [2.24, 2.45) is 5.92 Å². The molecule has 1 unspecified atom stereocenters. The van der Waals surface area contributed by atoms with Gasteiger partial charge in [-0.15, -0.1) is 0 Å². The highest BCUT2D eigenvalue weighted by Crippen LogP contribution is 2.22. The van der Waals surface area contributed by atoms with Gasteiger partial charge in [0.15, 0.2) is 0 Å². The summed E-state index contributed by atoms with van der Waals surface area (Å²) in [5.74, 6) is 0.334. The quantitative estimate of drug-likeness (QED) is 0.895. The molecule has 2 aliphatic rings. The lowest BCUT2D eigenvalue weighted by molar-refractivity contribution is -0.139. The number of carbonyl (C=O) groups is 2. The molecule has 0 aromatic carbocycles. The molecule has 2 amide bonds. The summed E-state index contributed by atoms with van der Waals surface area (Å²) in [5.41, 5.74) is 1.00. The molecule has 24 heavy (non-hydrogen) atoms. The molecule has 2 aliphatic heterocycles. The number of carbonyl (C=O) groups excluding carboxylic acids is 2. The van der Waals surface area contributed by atoms with Crippen LogP contribution in [-0.4, -0.2) is 59.3 Å². The zero-order valence-corrected chi connectivity index (χ0v) is 14.3. The maximum Gasteiger partial charge on any atom is 0.239 e. The Bertz CT molecular complexity index is 570. The number of likely N-dealkylation sites (N-methyl/N-ethyl adjacent to an activating group) is 1. The SMILES string of the molecule is CN1CCCC1C(=O)N1CCC(C(=O)NCc2cccnc2)CC1. The van der Waals surface area contributed by atoms with Gasteiger partial charge in [0.25, 0.3) is 0 Å². The smallest absolute Gasteiger partial charge is 0.239 e. The van der Waals surface area contributed by atoms with Gasteiger partial charge in [-0.2, -0.15) is 0 Å². The minimum absolute atomic E-state index is 0.00651. The highest BCUT2D eigenvalue weighted by molar-refractivity contribution is 5.83. The van der Waals surface area contributed by atoms with Crippen LogP contribution in [0.5, 0.6) is 0 Å². The lowest BCUT2D eigenvalue weighted by Gasteiger charge is -2.34. The molecule has 3 rings (SSSR count). The van der Waals surface area contributed by atoms with Crippen molar-refractivity contribution in [3.8, 4) is 0 Å². The number of likely N-dealkylation sites (tertiary alicyclic amines) is 2. The van der Waals surface area contributed by atoms with Gasteiger partial charge in [0, 0.05) is 37.9 Å². The third-order valence-corrected chi connectivity index (χ3v) is 5.17. The number of hydrogen-bond donors (Lipinski definition) is 1. The minimum atomic E-state index is 0.00651. The number of hydrogen-bond acceptors (Lipinski definition) is 4. The molecule has 1 atom stereocenters. The molecule has 0 spiro atoms. The summed E-state index contributed by atoms with van der Waals surface area (Å²) >= 11 is 0. The van der Waals surface area contributed by atoms with Gasteiger partial charge in [-0.05, 0) is 50.9 Å². The number of nitrogens with one attached hydrogen (secondary N) is 1. The van der Waals surface area contributed by atoms with Crippen molar-refractivity contribution in [1.82, 2.24) is 20.1 Å². The van der Waals surface area contributed by atoms with E-state index in [-0.39, 0.29) is 23.8 Å². The van der Waals surface area contributed by atoms with Crippen molar-refractivity contribution < 1.29 is 9.59 Å². The van der Waals surface area contributed by atoms with Crippen molar-refractivity contribution in [2.45, 2.75) is 38.3 Å². The van der Waals surface area contributed by atoms with Crippen molar-refractivity contribution in [3.63, 3.8) is 0 Å². The van der Waals surface area contributed by atoms with E-state index in [4.69, 9.17) is 0 Å². The molecule has 1 N–H and O–H groups in total. The molecular formula is C18H26N4O2. The topological polar surface area (TPSA) is 65.5 Å². The zero-order chi connectivity index (χ0) is 16.9. The first-order valence-corrected chi connectivity index (χ1v) is 8.81. The summed E-state index contributed by atoms with van der Waals surface area (Å²) in [7, 11) is 2.02. The number of pyridine rings is 1. The molecule has 6 heteroatoms. The molecule has 0 saturated carbocycles. The maximum atomic E-state index is 12.6. The molecule has 1 aromatic rings. The molecule has 2 fully saturated rings. The molecular weight excluding hydrogens is 304 g/mol. The van der Waals surface area contributed by atoms with E-state index in [0.717, 1.165) is 37.8 Å². The lowest BCUT2D eigenvalue weighted by atomic mass is 9.95. The average molecular weight is 330 g/mol. The van der Waals surface area contributed by atoms with Crippen molar-refractivity contribution in [1.29, 1.82) is 0 Å². The summed E-state index contributed by atoms with van der Waals surface area (Å²) in [6.07, 6.45) is 7.04. The van der Waals surface area contributed by atoms with Gasteiger partial charge in [-0.25, -0.2) is 0 Å². The molecule has 3 heterocycles. The van der Waals surface area contributed by atoms with Crippen LogP contribution in [0.3, 0.4) is 0 Å². The van der Waals surface area contributed by atoms with Gasteiger partial charge in [-0.1, -0.05) is 6.07 Å². The summed E-state index contributed by atoms with van der Waals surface area (Å²) < 4.78 is 0. The molecule has 1 aromatic heterocycles. The van der Waals surface area contributed by atoms with E-state index in [9.17, 15) is 9.59 Å². The van der Waals surface area contributed by atoms with E-state index in [0.29, 0.717) is 19.6 Å². The Labute approximate surface area is 143 Å². The first-order chi connectivity index (χ1) is 11.6. The molecule has 0 aliphatic carbocycles. The van der Waals surface area contributed by atoms with Gasteiger partial charge in [0.05, 0.1) is 6.04 Å². The Kier molecular flexibility index (Phi) is 5.45. The van der Waals surface area contributed by atoms with Gasteiger partial charge in [-0.3, -0.25) is 19.5 Å². The van der Waals surface area contributed by atoms with E-state index in [2.05, 4.69) is 15.2 Å². The van der Waals surface area contributed by atoms with Gasteiger partial charge in [0.1, 0.15) is 0 Å². The van der Waals surface area contributed by atoms with Crippen LogP contribution in [0.2, 0.25) is 0 Å². The van der Waals surface area contributed by atoms with Gasteiger partial charge < -0.3 is 10.2 Å². The van der Waals surface area contributed by atoms with E-state index >= 15 is 0 Å². The first kappa shape index (κ1) is 16.9. The molecule has 6 nitrogen and oxygen atoms in total. The fourth-order valence-corrected chi connectivity index (χ4v) is 3.63. The van der Waals surface area contributed by atoms with Crippen molar-refractivity contribution in [3.05, 3.63) is 30.1 Å². The number of nitrogens with zero attached hydrogens (tertiary/aromatic N) is 3. The molecule has 2 saturated heterocycles. The zero-order valence-electron chi connectivity index (χ0n) is 14.3. The van der Waals surface area contributed by atoms with Crippen LogP contribution >= 0.6 is 0 Å². The normalized spacial score (nSPS) is 22.5. The Hall–Kier alpha value is -1.95. The Morgan fingerprint density at radius 2 is 2.04 bits per heavy atom. The number of rotatable bonds is 4. The predicted molar refractivity (Wildman–Crippen MR) is 91.0 cm³/mol. The predicted octanol–water partition coefficient (Wildman–Crippen LogP) is 1.03. The fourth-order valence-electron chi connectivity index (χ4n) is 3.63. The van der Waals surface area contributed by atoms with Crippen LogP contribution < -0.4 is 5.32 Å². The summed E-state index contributed by atoms with van der Waals surface area (Å²) in [6.45, 7) is 2.89. The second-order valence-corrected chi connectivity index (χ2v) is 6.82. The lowest BCUT2D eigenvalue weighted by Crippen LogP contribution is -2.49. The first-order valence-electron chi connectivity index (χ1n) is 8.81. The third-order valence-electron chi connectivity index (χ3n) is 5.17. The van der Waals surface area contributed by atoms with Crippen LogP contribution in [-0.2, 0) is 16.1 Å². The van der Waals surface area contributed by atoms with Crippen molar-refractivity contribution >= 4 is 11.8 Å². The largest absolute Gasteiger partial charge is 0.352 e. The molecule has 0 radical (unpaired) electrons. The third kappa shape index (κ3) is 3.93. The van der Waals surface area contributed by atoms with E-state index < -0.39 is 0 Å². The van der Waals surface area contributed by atoms with E-state index in [1.165, 1.54) is 0 Å². The van der Waals surface area contributed by atoms with Crippen molar-refractivity contribution in [2.75, 3.05) is 26.7 Å². The summed E-state index contributed by atoms with van der Waals surface area (Å²) in [5, 5.41) is 2.98. The fraction of sp³-hybridized carbons (Fsp3) is 0.611. The van der Waals surface area contributed by atoms with E-state index in [1.54, 1.807) is 12.4 Å². The maximum absolute atomic E-state index is 12.6. The average Bonchev–Trinajstić information content (AvgIpc) is 3.06. The Balaban J connectivity index is 1.44. The van der Waals surface area contributed by atoms with Gasteiger partial charge >= 0.3 is 0 Å². The highest BCUT2D eigenvalue weighted by atomic mass is 16.2. The molecule has 130 valence electrons. The summed E-state index contributed by atoms with van der Waals surface area (Å²) in [6, 6.07) is 3.86. The number of amides is 2. The molecule has 0 bridgehead atoms. The number of aromatic nitrogens is 1. The van der Waals surface area contributed by atoms with Crippen LogP contribution in [0.4, 0.5) is 0 Å². The minimum Gasteiger partial charge on any atom is -0.352 e. The van der Waals surface area contributed by atoms with Crippen LogP contribution in [0, 0.1) is 5.92 Å². The summed E-state index contributed by atoms with van der Waals surface area (Å²) in [4.78, 5) is 33.0. The standard InChI is InChI=1S/C18H26N4O2/c1-21-9-3-5-16(21)18(24)22-10-6-15(7-11-22)17(23)20-13-14-4-2-8-19-12-14/h2,4,8,12,15-16H,3,5-7,9-11,13H2,1H3,(H,20,23). The van der Waals surface area contributed by atoms with Crippen LogP contribution in [0.15, 0.2) is 24.5 Å². The number of piperidine rings is 1.